The number of carbonyl (C=O) groups is 2. The van der Waals surface area contributed by atoms with Crippen molar-refractivity contribution < 1.29 is 29.3 Å². The van der Waals surface area contributed by atoms with E-state index >= 15 is 0 Å². The Kier molecular flexibility index (Phi) is 11.0. The second-order valence-electron chi connectivity index (χ2n) is 10.3. The highest BCUT2D eigenvalue weighted by molar-refractivity contribution is 7.99. The molecule has 0 unspecified atom stereocenters. The molecule has 3 aromatic carbocycles. The molecule has 12 heteroatoms. The van der Waals surface area contributed by atoms with Crippen molar-refractivity contribution in [2.45, 2.75) is 46.9 Å². The summed E-state index contributed by atoms with van der Waals surface area (Å²) in [6.07, 6.45) is 0.815. The third-order valence-corrected chi connectivity index (χ3v) is 8.80. The number of carboxylic acid groups (broad SMARTS) is 1. The first-order valence-corrected chi connectivity index (χ1v) is 16.1. The first-order valence-electron chi connectivity index (χ1n) is 14.0. The van der Waals surface area contributed by atoms with Gasteiger partial charge in [-0.2, -0.15) is 0 Å². The molecule has 2 heterocycles. The minimum Gasteiger partial charge on any atom is -0.478 e. The number of aromatic nitrogens is 1. The first-order chi connectivity index (χ1) is 21.6. The molecule has 45 heavy (non-hydrogen) atoms. The summed E-state index contributed by atoms with van der Waals surface area (Å²) in [4.78, 5) is 28.0. The normalized spacial score (nSPS) is 18.4. The van der Waals surface area contributed by atoms with Crippen LogP contribution >= 0.6 is 46.6 Å². The molecular weight excluding hydrogens is 659 g/mol. The van der Waals surface area contributed by atoms with Crippen LogP contribution in [0.4, 0.5) is 0 Å². The number of hydrogen-bond acceptors (Lipinski definition) is 7. The van der Waals surface area contributed by atoms with Gasteiger partial charge in [0.15, 0.2) is 6.29 Å². The number of aromatic carboxylic acids is 1. The summed E-state index contributed by atoms with van der Waals surface area (Å²) in [7, 11) is 0. The largest absolute Gasteiger partial charge is 0.478 e. The number of thioether (sulfide) groups is 1. The maximum absolute atomic E-state index is 12.0. The SMILES string of the molecule is O=C(O)c1cccnc1SC[C@H]1C[C@@H](c2ccc(CO)cc2)O[C@@H](c2cccc(-c3cccc(CNC(=O)C(Cl)(Cl)Cl)c3)c2)O1. The third-order valence-electron chi connectivity index (χ3n) is 7.15. The van der Waals surface area contributed by atoms with Crippen LogP contribution in [0.5, 0.6) is 0 Å². The molecule has 0 aliphatic carbocycles. The molecular formula is C33H29Cl3N2O6S. The molecule has 1 aromatic heterocycles. The first kappa shape index (κ1) is 33.2. The minimum absolute atomic E-state index is 0.0555. The van der Waals surface area contributed by atoms with E-state index in [1.165, 1.54) is 17.8 Å². The Morgan fingerprint density at radius 2 is 1.64 bits per heavy atom. The number of benzene rings is 3. The van der Waals surface area contributed by atoms with Crippen LogP contribution < -0.4 is 5.32 Å². The van der Waals surface area contributed by atoms with Gasteiger partial charge >= 0.3 is 5.97 Å². The van der Waals surface area contributed by atoms with Crippen molar-refractivity contribution in [3.8, 4) is 11.1 Å². The molecule has 0 radical (unpaired) electrons. The zero-order valence-corrected chi connectivity index (χ0v) is 26.8. The topological polar surface area (TPSA) is 118 Å². The van der Waals surface area contributed by atoms with Gasteiger partial charge < -0.3 is 25.0 Å². The number of rotatable bonds is 10. The summed E-state index contributed by atoms with van der Waals surface area (Å²) >= 11 is 18.3. The van der Waals surface area contributed by atoms with Crippen LogP contribution in [0.25, 0.3) is 11.1 Å². The predicted octanol–water partition coefficient (Wildman–Crippen LogP) is 7.26. The second kappa shape index (κ2) is 15.0. The molecule has 3 N–H and O–H groups in total. The number of nitrogens with one attached hydrogen (secondary N) is 1. The quantitative estimate of drug-likeness (QED) is 0.118. The van der Waals surface area contributed by atoms with Crippen LogP contribution in [-0.4, -0.2) is 42.7 Å². The molecule has 234 valence electrons. The Morgan fingerprint density at radius 3 is 2.36 bits per heavy atom. The van der Waals surface area contributed by atoms with Gasteiger partial charge in [-0.1, -0.05) is 95.5 Å². The van der Waals surface area contributed by atoms with Gasteiger partial charge in [-0.25, -0.2) is 9.78 Å². The third kappa shape index (κ3) is 8.77. The Bertz CT molecular complexity index is 1650. The molecule has 4 aromatic rings. The molecule has 1 aliphatic heterocycles. The van der Waals surface area contributed by atoms with Crippen LogP contribution in [0.1, 0.15) is 51.4 Å². The highest BCUT2D eigenvalue weighted by atomic mass is 35.6. The van der Waals surface area contributed by atoms with E-state index in [-0.39, 0.29) is 30.9 Å². The fourth-order valence-corrected chi connectivity index (χ4v) is 6.08. The summed E-state index contributed by atoms with van der Waals surface area (Å²) in [6, 6.07) is 26.2. The average Bonchev–Trinajstić information content (AvgIpc) is 3.06. The lowest BCUT2D eigenvalue weighted by molar-refractivity contribution is -0.245. The predicted molar refractivity (Wildman–Crippen MR) is 174 cm³/mol. The van der Waals surface area contributed by atoms with Gasteiger partial charge in [-0.05, 0) is 52.1 Å². The summed E-state index contributed by atoms with van der Waals surface area (Å²) in [5.74, 6) is -1.28. The molecule has 3 atom stereocenters. The standard InChI is InChI=1S/C33H29Cl3N2O6S/c34-33(35,36)32(42)38-17-21-4-1-5-23(14-21)24-6-2-7-25(15-24)31-43-26(19-45-29-27(30(40)41)8-3-13-37-29)16-28(44-31)22-11-9-20(18-39)10-12-22/h1-15,26,28,31,39H,16-19H2,(H,38,42)(H,40,41)/t26-,28+,31+/m1/s1. The van der Waals surface area contributed by atoms with Gasteiger partial charge in [0.25, 0.3) is 9.70 Å². The number of ether oxygens (including phenoxy) is 2. The number of alkyl halides is 3. The number of pyridine rings is 1. The van der Waals surface area contributed by atoms with Crippen LogP contribution in [0.3, 0.4) is 0 Å². The number of aliphatic hydroxyl groups is 1. The van der Waals surface area contributed by atoms with Crippen molar-refractivity contribution in [2.24, 2.45) is 0 Å². The van der Waals surface area contributed by atoms with Crippen LogP contribution in [-0.2, 0) is 27.4 Å². The number of aliphatic hydroxyl groups excluding tert-OH is 1. The summed E-state index contributed by atoms with van der Waals surface area (Å²) in [5, 5.41) is 22.1. The Labute approximate surface area is 279 Å². The number of carboxylic acids is 1. The monoisotopic (exact) mass is 686 g/mol. The number of carbonyl (C=O) groups excluding carboxylic acids is 1. The van der Waals surface area contributed by atoms with Gasteiger partial charge in [0.1, 0.15) is 5.03 Å². The molecule has 1 amide bonds. The van der Waals surface area contributed by atoms with Crippen molar-refractivity contribution in [2.75, 3.05) is 5.75 Å². The molecule has 0 bridgehead atoms. The van der Waals surface area contributed by atoms with Crippen molar-refractivity contribution >= 4 is 58.4 Å². The van der Waals surface area contributed by atoms with Gasteiger partial charge in [0, 0.05) is 30.5 Å². The van der Waals surface area contributed by atoms with Gasteiger partial charge in [0.2, 0.25) is 0 Å². The highest BCUT2D eigenvalue weighted by Crippen LogP contribution is 2.40. The molecule has 5 rings (SSSR count). The molecule has 1 aliphatic rings. The summed E-state index contributed by atoms with van der Waals surface area (Å²) in [5.41, 5.74) is 5.33. The van der Waals surface area contributed by atoms with Gasteiger partial charge in [-0.15, -0.1) is 11.8 Å². The average molecular weight is 688 g/mol. The van der Waals surface area contributed by atoms with E-state index in [0.29, 0.717) is 17.2 Å². The Morgan fingerprint density at radius 1 is 0.911 bits per heavy atom. The molecule has 1 fully saturated rings. The zero-order chi connectivity index (χ0) is 32.0. The Hall–Kier alpha value is -3.15. The molecule has 1 saturated heterocycles. The van der Waals surface area contributed by atoms with E-state index in [0.717, 1.165) is 33.4 Å². The van der Waals surface area contributed by atoms with Crippen LogP contribution in [0.2, 0.25) is 0 Å². The maximum atomic E-state index is 12.0. The number of halogens is 3. The lowest BCUT2D eigenvalue weighted by atomic mass is 9.99. The van der Waals surface area contributed by atoms with E-state index in [2.05, 4.69) is 10.3 Å². The van der Waals surface area contributed by atoms with Crippen molar-refractivity contribution in [1.29, 1.82) is 0 Å². The van der Waals surface area contributed by atoms with E-state index < -0.39 is 22.0 Å². The van der Waals surface area contributed by atoms with E-state index in [1.807, 2.05) is 72.8 Å². The molecule has 0 saturated carbocycles. The zero-order valence-electron chi connectivity index (χ0n) is 23.7. The van der Waals surface area contributed by atoms with Gasteiger partial charge in [-0.3, -0.25) is 4.79 Å². The molecule has 0 spiro atoms. The Balaban J connectivity index is 1.37. The molecule has 8 nitrogen and oxygen atoms in total. The fourth-order valence-electron chi connectivity index (χ4n) is 4.87. The number of amides is 1. The summed E-state index contributed by atoms with van der Waals surface area (Å²) in [6.45, 7) is 0.130. The lowest BCUT2D eigenvalue weighted by Crippen LogP contribution is -2.33. The lowest BCUT2D eigenvalue weighted by Gasteiger charge is -2.36. The van der Waals surface area contributed by atoms with Crippen molar-refractivity contribution in [1.82, 2.24) is 10.3 Å². The summed E-state index contributed by atoms with van der Waals surface area (Å²) < 4.78 is 10.9. The highest BCUT2D eigenvalue weighted by Gasteiger charge is 2.33. The maximum Gasteiger partial charge on any atom is 0.338 e. The van der Waals surface area contributed by atoms with Crippen LogP contribution in [0, 0.1) is 0 Å². The second-order valence-corrected chi connectivity index (χ2v) is 13.6. The van der Waals surface area contributed by atoms with Crippen molar-refractivity contribution in [3.63, 3.8) is 0 Å². The van der Waals surface area contributed by atoms with Crippen LogP contribution in [0.15, 0.2) is 96.2 Å². The number of nitrogens with zero attached hydrogens (tertiary/aromatic N) is 1. The fraction of sp³-hybridized carbons (Fsp3) is 0.242. The van der Waals surface area contributed by atoms with Gasteiger partial charge in [0.05, 0.1) is 24.4 Å². The van der Waals surface area contributed by atoms with Crippen molar-refractivity contribution in [3.05, 3.63) is 119 Å². The van der Waals surface area contributed by atoms with E-state index in [4.69, 9.17) is 44.3 Å². The van der Waals surface area contributed by atoms with E-state index in [1.54, 1.807) is 12.3 Å². The minimum atomic E-state index is -2.04. The smallest absolute Gasteiger partial charge is 0.338 e. The van der Waals surface area contributed by atoms with E-state index in [9.17, 15) is 19.8 Å². The number of hydrogen-bond donors (Lipinski definition) is 3.